The second kappa shape index (κ2) is 4.55. The number of piperazine rings is 1. The summed E-state index contributed by atoms with van der Waals surface area (Å²) in [4.78, 5) is 26.1. The third-order valence-corrected chi connectivity index (χ3v) is 2.91. The molecule has 0 unspecified atom stereocenters. The molecule has 0 aliphatic carbocycles. The Hall–Kier alpha value is -1.88. The molecule has 5 nitrogen and oxygen atoms in total. The predicted octanol–water partition coefficient (Wildman–Crippen LogP) is -0.0497. The van der Waals surface area contributed by atoms with Crippen LogP contribution in [0.25, 0.3) is 0 Å². The summed E-state index contributed by atoms with van der Waals surface area (Å²) in [7, 11) is 1.51. The first-order valence-corrected chi connectivity index (χ1v) is 5.45. The van der Waals surface area contributed by atoms with E-state index in [9.17, 15) is 9.59 Å². The van der Waals surface area contributed by atoms with Gasteiger partial charge in [0.1, 0.15) is 0 Å². The van der Waals surface area contributed by atoms with Crippen LogP contribution in [0.1, 0.15) is 5.56 Å². The van der Waals surface area contributed by atoms with Gasteiger partial charge in [-0.3, -0.25) is 14.5 Å². The van der Waals surface area contributed by atoms with E-state index in [0.29, 0.717) is 6.54 Å². The summed E-state index contributed by atoms with van der Waals surface area (Å²) in [6.07, 6.45) is 0. The summed E-state index contributed by atoms with van der Waals surface area (Å²) >= 11 is 0. The van der Waals surface area contributed by atoms with Gasteiger partial charge in [0, 0.05) is 19.3 Å². The number of hydrogen-bond donors (Lipinski definition) is 1. The maximum Gasteiger partial charge on any atom is 0.248 e. The Kier molecular flexibility index (Phi) is 3.10. The van der Waals surface area contributed by atoms with Gasteiger partial charge in [0.25, 0.3) is 0 Å². The van der Waals surface area contributed by atoms with Crippen LogP contribution in [0.5, 0.6) is 0 Å². The lowest BCUT2D eigenvalue weighted by atomic mass is 10.1. The molecule has 1 heterocycles. The fraction of sp³-hybridized carbons (Fsp3) is 0.333. The molecule has 0 saturated carbocycles. The molecule has 90 valence electrons. The molecule has 0 aromatic heterocycles. The Morgan fingerprint density at radius 2 is 1.88 bits per heavy atom. The highest BCUT2D eigenvalue weighted by molar-refractivity contribution is 6.02. The zero-order valence-corrected chi connectivity index (χ0v) is 9.72. The average molecular weight is 233 g/mol. The summed E-state index contributed by atoms with van der Waals surface area (Å²) in [6.45, 7) is 0.913. The standard InChI is InChI=1S/C12H15N3O2/c1-14-11(16)7-15(8-12(14)17)10-4-2-3-9(5-10)6-13/h2-5H,6-8,13H2,1H3. The molecule has 0 radical (unpaired) electrons. The highest BCUT2D eigenvalue weighted by Crippen LogP contribution is 2.18. The van der Waals surface area contributed by atoms with Crippen molar-refractivity contribution in [3.05, 3.63) is 29.8 Å². The Morgan fingerprint density at radius 3 is 2.47 bits per heavy atom. The number of amides is 2. The van der Waals surface area contributed by atoms with Gasteiger partial charge in [0.15, 0.2) is 0 Å². The van der Waals surface area contributed by atoms with Gasteiger partial charge in [-0.05, 0) is 17.7 Å². The number of nitrogens with two attached hydrogens (primary N) is 1. The number of hydrogen-bond acceptors (Lipinski definition) is 4. The normalized spacial score (nSPS) is 16.6. The van der Waals surface area contributed by atoms with E-state index in [1.54, 1.807) is 4.90 Å². The van der Waals surface area contributed by atoms with E-state index in [2.05, 4.69) is 0 Å². The molecular formula is C12H15N3O2. The Labute approximate surface area is 99.8 Å². The molecule has 2 rings (SSSR count). The molecule has 0 atom stereocenters. The highest BCUT2D eigenvalue weighted by Gasteiger charge is 2.28. The first kappa shape index (κ1) is 11.6. The van der Waals surface area contributed by atoms with Crippen LogP contribution < -0.4 is 10.6 Å². The molecular weight excluding hydrogens is 218 g/mol. The number of benzene rings is 1. The van der Waals surface area contributed by atoms with E-state index in [1.165, 1.54) is 11.9 Å². The monoisotopic (exact) mass is 233 g/mol. The van der Waals surface area contributed by atoms with Crippen molar-refractivity contribution in [1.29, 1.82) is 0 Å². The lowest BCUT2D eigenvalue weighted by Gasteiger charge is -2.32. The van der Waals surface area contributed by atoms with Crippen molar-refractivity contribution in [2.75, 3.05) is 25.0 Å². The number of rotatable bonds is 2. The second-order valence-electron chi connectivity index (χ2n) is 4.08. The van der Waals surface area contributed by atoms with E-state index < -0.39 is 0 Å². The number of anilines is 1. The molecule has 1 fully saturated rings. The van der Waals surface area contributed by atoms with Gasteiger partial charge in [0.2, 0.25) is 11.8 Å². The van der Waals surface area contributed by atoms with Crippen molar-refractivity contribution in [2.45, 2.75) is 6.54 Å². The van der Waals surface area contributed by atoms with Crippen molar-refractivity contribution in [2.24, 2.45) is 5.73 Å². The molecule has 17 heavy (non-hydrogen) atoms. The second-order valence-corrected chi connectivity index (χ2v) is 4.08. The molecule has 0 spiro atoms. The molecule has 1 aliphatic heterocycles. The Bertz CT molecular complexity index is 441. The number of likely N-dealkylation sites (N-methyl/N-ethyl adjacent to an activating group) is 1. The van der Waals surface area contributed by atoms with E-state index in [-0.39, 0.29) is 24.9 Å². The quantitative estimate of drug-likeness (QED) is 0.727. The molecule has 0 bridgehead atoms. The molecule has 5 heteroatoms. The third kappa shape index (κ3) is 2.29. The zero-order chi connectivity index (χ0) is 12.4. The van der Waals surface area contributed by atoms with Gasteiger partial charge in [-0.1, -0.05) is 12.1 Å². The Balaban J connectivity index is 2.22. The smallest absolute Gasteiger partial charge is 0.248 e. The fourth-order valence-electron chi connectivity index (χ4n) is 1.80. The van der Waals surface area contributed by atoms with Gasteiger partial charge in [-0.25, -0.2) is 0 Å². The van der Waals surface area contributed by atoms with Crippen LogP contribution in [0.2, 0.25) is 0 Å². The summed E-state index contributed by atoms with van der Waals surface area (Å²) in [5.74, 6) is -0.362. The number of carbonyl (C=O) groups excluding carboxylic acids is 2. The van der Waals surface area contributed by atoms with Crippen LogP contribution >= 0.6 is 0 Å². The SMILES string of the molecule is CN1C(=O)CN(c2cccc(CN)c2)CC1=O. The van der Waals surface area contributed by atoms with Crippen LogP contribution in [0.4, 0.5) is 5.69 Å². The fourth-order valence-corrected chi connectivity index (χ4v) is 1.80. The van der Waals surface area contributed by atoms with Gasteiger partial charge in [-0.15, -0.1) is 0 Å². The van der Waals surface area contributed by atoms with Crippen molar-refractivity contribution in [3.63, 3.8) is 0 Å². The number of carbonyl (C=O) groups is 2. The Morgan fingerprint density at radius 1 is 1.24 bits per heavy atom. The molecule has 2 amide bonds. The first-order valence-electron chi connectivity index (χ1n) is 5.45. The van der Waals surface area contributed by atoms with Crippen LogP contribution in [0, 0.1) is 0 Å². The molecule has 1 aromatic carbocycles. The lowest BCUT2D eigenvalue weighted by molar-refractivity contribution is -0.143. The largest absolute Gasteiger partial charge is 0.353 e. The third-order valence-electron chi connectivity index (χ3n) is 2.91. The van der Waals surface area contributed by atoms with Crippen LogP contribution in [-0.4, -0.2) is 36.9 Å². The predicted molar refractivity (Wildman–Crippen MR) is 64.3 cm³/mol. The van der Waals surface area contributed by atoms with Crippen LogP contribution in [0.3, 0.4) is 0 Å². The summed E-state index contributed by atoms with van der Waals surface area (Å²) < 4.78 is 0. The van der Waals surface area contributed by atoms with Crippen molar-refractivity contribution in [3.8, 4) is 0 Å². The average Bonchev–Trinajstić information content (AvgIpc) is 2.35. The molecule has 1 aliphatic rings. The van der Waals surface area contributed by atoms with Gasteiger partial charge in [0.05, 0.1) is 13.1 Å². The summed E-state index contributed by atoms with van der Waals surface area (Å²) in [5.41, 5.74) is 7.42. The van der Waals surface area contributed by atoms with Crippen LogP contribution in [-0.2, 0) is 16.1 Å². The minimum absolute atomic E-state index is 0.181. The number of nitrogens with zero attached hydrogens (tertiary/aromatic N) is 2. The zero-order valence-electron chi connectivity index (χ0n) is 9.72. The van der Waals surface area contributed by atoms with E-state index in [0.717, 1.165) is 11.3 Å². The minimum Gasteiger partial charge on any atom is -0.353 e. The molecule has 1 saturated heterocycles. The maximum atomic E-state index is 11.6. The first-order chi connectivity index (χ1) is 8.11. The van der Waals surface area contributed by atoms with Gasteiger partial charge >= 0.3 is 0 Å². The topological polar surface area (TPSA) is 66.6 Å². The summed E-state index contributed by atoms with van der Waals surface area (Å²) in [6, 6.07) is 7.59. The number of imide groups is 1. The molecule has 1 aromatic rings. The van der Waals surface area contributed by atoms with Gasteiger partial charge in [-0.2, -0.15) is 0 Å². The van der Waals surface area contributed by atoms with Crippen LogP contribution in [0.15, 0.2) is 24.3 Å². The van der Waals surface area contributed by atoms with Gasteiger partial charge < -0.3 is 10.6 Å². The maximum absolute atomic E-state index is 11.6. The van der Waals surface area contributed by atoms with Crippen molar-refractivity contribution in [1.82, 2.24) is 4.90 Å². The lowest BCUT2D eigenvalue weighted by Crippen LogP contribution is -2.52. The van der Waals surface area contributed by atoms with E-state index >= 15 is 0 Å². The van der Waals surface area contributed by atoms with E-state index in [1.807, 2.05) is 24.3 Å². The molecule has 2 N–H and O–H groups in total. The van der Waals surface area contributed by atoms with E-state index in [4.69, 9.17) is 5.73 Å². The highest BCUT2D eigenvalue weighted by atomic mass is 16.2. The minimum atomic E-state index is -0.181. The van der Waals surface area contributed by atoms with Crippen molar-refractivity contribution < 1.29 is 9.59 Å². The van der Waals surface area contributed by atoms with Crippen molar-refractivity contribution >= 4 is 17.5 Å². The summed E-state index contributed by atoms with van der Waals surface area (Å²) in [5, 5.41) is 0.